The van der Waals surface area contributed by atoms with E-state index in [1.165, 1.54) is 0 Å². The number of aliphatic hydroxyl groups is 1. The van der Waals surface area contributed by atoms with E-state index in [-0.39, 0.29) is 29.7 Å². The van der Waals surface area contributed by atoms with Gasteiger partial charge in [-0.3, -0.25) is 0 Å². The van der Waals surface area contributed by atoms with Crippen molar-refractivity contribution in [1.82, 2.24) is 0 Å². The smallest absolute Gasteiger partial charge is 0.397 e. The number of rotatable bonds is 0. The SMILES string of the molecule is CCO.[Mg+2]. The van der Waals surface area contributed by atoms with Crippen LogP contribution in [0.5, 0.6) is 0 Å². The topological polar surface area (TPSA) is 20.2 Å². The standard InChI is InChI=1S/C2H6O.Mg/c1-2-3;/h3H,2H2,1H3;/q;+2. The Hall–Kier alpha value is 0.726. The van der Waals surface area contributed by atoms with Gasteiger partial charge in [0.1, 0.15) is 0 Å². The van der Waals surface area contributed by atoms with Gasteiger partial charge >= 0.3 is 23.1 Å². The van der Waals surface area contributed by atoms with Crippen molar-refractivity contribution in [2.45, 2.75) is 6.92 Å². The van der Waals surface area contributed by atoms with Crippen molar-refractivity contribution in [3.05, 3.63) is 0 Å². The Balaban J connectivity index is 0. The first-order valence-corrected chi connectivity index (χ1v) is 1.02. The number of hydrogen-bond acceptors (Lipinski definition) is 1. The van der Waals surface area contributed by atoms with Crippen LogP contribution in [0.15, 0.2) is 0 Å². The Bertz CT molecular complexity index is 6.00. The van der Waals surface area contributed by atoms with Crippen LogP contribution in [0.25, 0.3) is 0 Å². The zero-order chi connectivity index (χ0) is 2.71. The third-order valence-electron chi connectivity index (χ3n) is 0. The maximum Gasteiger partial charge on any atom is 2.00 e. The summed E-state index contributed by atoms with van der Waals surface area (Å²) in [6.45, 7) is 1.93. The van der Waals surface area contributed by atoms with E-state index in [1.807, 2.05) is 0 Å². The maximum absolute atomic E-state index is 7.57. The van der Waals surface area contributed by atoms with E-state index in [4.69, 9.17) is 5.11 Å². The van der Waals surface area contributed by atoms with Gasteiger partial charge in [-0.2, -0.15) is 0 Å². The van der Waals surface area contributed by atoms with Gasteiger partial charge in [-0.25, -0.2) is 0 Å². The molecule has 1 nitrogen and oxygen atoms in total. The van der Waals surface area contributed by atoms with Crippen LogP contribution >= 0.6 is 0 Å². The summed E-state index contributed by atoms with van der Waals surface area (Å²) in [6, 6.07) is 0. The molecule has 0 bridgehead atoms. The van der Waals surface area contributed by atoms with E-state index < -0.39 is 0 Å². The molecule has 0 amide bonds. The summed E-state index contributed by atoms with van der Waals surface area (Å²) < 4.78 is 0. The van der Waals surface area contributed by atoms with Gasteiger partial charge in [0.05, 0.1) is 0 Å². The van der Waals surface area contributed by atoms with Gasteiger partial charge in [0, 0.05) is 6.61 Å². The molecule has 0 saturated carbocycles. The molecule has 0 heterocycles. The Morgan fingerprint density at radius 3 is 1.75 bits per heavy atom. The minimum absolute atomic E-state index is 0. The molecule has 0 spiro atoms. The fourth-order valence-corrected chi connectivity index (χ4v) is 0. The van der Waals surface area contributed by atoms with E-state index in [0.29, 0.717) is 0 Å². The molecule has 2 heteroatoms. The molecule has 4 heavy (non-hydrogen) atoms. The van der Waals surface area contributed by atoms with Crippen LogP contribution in [0.4, 0.5) is 0 Å². The van der Waals surface area contributed by atoms with Crippen molar-refractivity contribution < 1.29 is 5.11 Å². The molecular weight excluding hydrogens is 64.3 g/mol. The Kier molecular flexibility index (Phi) is 20.5. The summed E-state index contributed by atoms with van der Waals surface area (Å²) in [5, 5.41) is 7.57. The number of aliphatic hydroxyl groups excluding tert-OH is 1. The second-order valence-corrected chi connectivity index (χ2v) is 0.316. The third kappa shape index (κ3) is 15.4. The molecule has 0 saturated heterocycles. The van der Waals surface area contributed by atoms with Gasteiger partial charge in [-0.05, 0) is 6.92 Å². The Morgan fingerprint density at radius 2 is 1.75 bits per heavy atom. The van der Waals surface area contributed by atoms with Crippen molar-refractivity contribution in [1.29, 1.82) is 0 Å². The minimum atomic E-state index is 0. The quantitative estimate of drug-likeness (QED) is 0.385. The predicted molar refractivity (Wildman–Crippen MR) is 18.5 cm³/mol. The van der Waals surface area contributed by atoms with Crippen LogP contribution < -0.4 is 0 Å². The fraction of sp³-hybridized carbons (Fsp3) is 1.00. The number of hydrogen-bond donors (Lipinski definition) is 1. The van der Waals surface area contributed by atoms with Crippen LogP contribution in [-0.4, -0.2) is 34.8 Å². The van der Waals surface area contributed by atoms with Crippen LogP contribution in [0.3, 0.4) is 0 Å². The molecule has 0 aromatic rings. The monoisotopic (exact) mass is 70.0 g/mol. The second-order valence-electron chi connectivity index (χ2n) is 0.316. The zero-order valence-electron chi connectivity index (χ0n) is 2.86. The summed E-state index contributed by atoms with van der Waals surface area (Å²) in [5.74, 6) is 0. The first-order chi connectivity index (χ1) is 1.41. The Labute approximate surface area is 42.2 Å². The van der Waals surface area contributed by atoms with Crippen LogP contribution in [0, 0.1) is 0 Å². The molecule has 20 valence electrons. The van der Waals surface area contributed by atoms with Gasteiger partial charge in [0.25, 0.3) is 0 Å². The van der Waals surface area contributed by atoms with Gasteiger partial charge in [0.2, 0.25) is 0 Å². The molecule has 1 N–H and O–H groups in total. The summed E-state index contributed by atoms with van der Waals surface area (Å²) >= 11 is 0. The largest absolute Gasteiger partial charge is 2.00 e. The maximum atomic E-state index is 7.57. The minimum Gasteiger partial charge on any atom is -0.397 e. The normalized spacial score (nSPS) is 4.50. The van der Waals surface area contributed by atoms with Crippen molar-refractivity contribution >= 4 is 23.1 Å². The van der Waals surface area contributed by atoms with Crippen LogP contribution in [-0.2, 0) is 0 Å². The third-order valence-corrected chi connectivity index (χ3v) is 0. The van der Waals surface area contributed by atoms with Crippen LogP contribution in [0.1, 0.15) is 6.92 Å². The molecule has 0 fully saturated rings. The average molecular weight is 70.4 g/mol. The second kappa shape index (κ2) is 9.29. The molecule has 0 unspecified atom stereocenters. The van der Waals surface area contributed by atoms with E-state index in [9.17, 15) is 0 Å². The molecule has 0 aliphatic rings. The van der Waals surface area contributed by atoms with Crippen molar-refractivity contribution in [3.63, 3.8) is 0 Å². The first-order valence-electron chi connectivity index (χ1n) is 1.02. The molecule has 0 aromatic carbocycles. The summed E-state index contributed by atoms with van der Waals surface area (Å²) in [4.78, 5) is 0. The molecule has 0 radical (unpaired) electrons. The summed E-state index contributed by atoms with van der Waals surface area (Å²) in [5.41, 5.74) is 0. The summed E-state index contributed by atoms with van der Waals surface area (Å²) in [6.07, 6.45) is 0. The van der Waals surface area contributed by atoms with Gasteiger partial charge < -0.3 is 5.11 Å². The van der Waals surface area contributed by atoms with E-state index in [1.54, 1.807) is 6.92 Å². The predicted octanol–water partition coefficient (Wildman–Crippen LogP) is -0.382. The van der Waals surface area contributed by atoms with Gasteiger partial charge in [0.15, 0.2) is 0 Å². The van der Waals surface area contributed by atoms with Crippen molar-refractivity contribution in [2.75, 3.05) is 6.61 Å². The van der Waals surface area contributed by atoms with Crippen molar-refractivity contribution in [2.24, 2.45) is 0 Å². The van der Waals surface area contributed by atoms with Gasteiger partial charge in [-0.1, -0.05) is 0 Å². The first kappa shape index (κ1) is 8.83. The van der Waals surface area contributed by atoms with E-state index in [0.717, 1.165) is 0 Å². The molecule has 0 aliphatic carbocycles. The van der Waals surface area contributed by atoms with Gasteiger partial charge in [-0.15, -0.1) is 0 Å². The Morgan fingerprint density at radius 1 is 1.75 bits per heavy atom. The molecule has 0 atom stereocenters. The summed E-state index contributed by atoms with van der Waals surface area (Å²) in [7, 11) is 0. The fourth-order valence-electron chi connectivity index (χ4n) is 0. The molecule has 0 rings (SSSR count). The van der Waals surface area contributed by atoms with Crippen LogP contribution in [0.2, 0.25) is 0 Å². The molecule has 0 aliphatic heterocycles. The van der Waals surface area contributed by atoms with E-state index in [2.05, 4.69) is 0 Å². The molecular formula is C2H6MgO+2. The average Bonchev–Trinajstić information content (AvgIpc) is 0.918. The molecule has 0 aromatic heterocycles. The zero-order valence-corrected chi connectivity index (χ0v) is 4.28. The van der Waals surface area contributed by atoms with Crippen molar-refractivity contribution in [3.8, 4) is 0 Å². The van der Waals surface area contributed by atoms with E-state index >= 15 is 0 Å².